The van der Waals surface area contributed by atoms with Crippen molar-refractivity contribution in [3.05, 3.63) is 29.3 Å². The second-order valence-electron chi connectivity index (χ2n) is 7.70. The van der Waals surface area contributed by atoms with Gasteiger partial charge in [-0.15, -0.1) is 0 Å². The Labute approximate surface area is 178 Å². The van der Waals surface area contributed by atoms with Crippen LogP contribution in [0.15, 0.2) is 29.2 Å². The number of benzene rings is 1. The lowest BCUT2D eigenvalue weighted by Crippen LogP contribution is -2.46. The van der Waals surface area contributed by atoms with Gasteiger partial charge in [0.1, 0.15) is 0 Å². The number of sulfonamides is 1. The van der Waals surface area contributed by atoms with Crippen molar-refractivity contribution in [2.75, 3.05) is 19.6 Å². The Kier molecular flexibility index (Phi) is 8.92. The van der Waals surface area contributed by atoms with Crippen molar-refractivity contribution in [3.63, 3.8) is 0 Å². The molecule has 1 atom stereocenters. The third-order valence-electron chi connectivity index (χ3n) is 4.97. The number of hydrogen-bond acceptors (Lipinski definition) is 4. The molecule has 7 nitrogen and oxygen atoms in total. The van der Waals surface area contributed by atoms with Gasteiger partial charge in [-0.3, -0.25) is 9.59 Å². The van der Waals surface area contributed by atoms with Crippen LogP contribution in [0.5, 0.6) is 0 Å². The average Bonchev–Trinajstić information content (AvgIpc) is 2.68. The molecule has 0 saturated carbocycles. The van der Waals surface area contributed by atoms with E-state index in [-0.39, 0.29) is 17.5 Å². The molecule has 1 aromatic rings. The van der Waals surface area contributed by atoms with Crippen LogP contribution in [0.2, 0.25) is 5.02 Å². The monoisotopic (exact) mass is 443 g/mol. The molecular weight excluding hydrogens is 414 g/mol. The number of rotatable bonds is 8. The van der Waals surface area contributed by atoms with Crippen molar-refractivity contribution in [1.82, 2.24) is 14.9 Å². The third kappa shape index (κ3) is 6.97. The minimum Gasteiger partial charge on any atom is -0.348 e. The van der Waals surface area contributed by atoms with E-state index in [1.54, 1.807) is 12.1 Å². The fraction of sp³-hybridized carbons (Fsp3) is 0.600. The summed E-state index contributed by atoms with van der Waals surface area (Å²) in [5.74, 6) is -0.894. The summed E-state index contributed by atoms with van der Waals surface area (Å²) in [4.78, 5) is 23.9. The van der Waals surface area contributed by atoms with Gasteiger partial charge in [-0.2, -0.15) is 4.31 Å². The van der Waals surface area contributed by atoms with Gasteiger partial charge in [-0.1, -0.05) is 31.9 Å². The number of hydrogen-bond donors (Lipinski definition) is 2. The Morgan fingerprint density at radius 3 is 2.34 bits per heavy atom. The van der Waals surface area contributed by atoms with Crippen LogP contribution in [-0.4, -0.2) is 50.2 Å². The molecule has 0 spiro atoms. The normalized spacial score (nSPS) is 17.9. The van der Waals surface area contributed by atoms with E-state index in [9.17, 15) is 18.0 Å². The highest BCUT2D eigenvalue weighted by Gasteiger charge is 2.33. The van der Waals surface area contributed by atoms with Gasteiger partial charge in [0.15, 0.2) is 0 Å². The van der Waals surface area contributed by atoms with Crippen LogP contribution in [0.3, 0.4) is 0 Å². The Morgan fingerprint density at radius 1 is 1.10 bits per heavy atom. The SMILES string of the molecule is CC(C)CCNC(=O)C(=O)NCC[C@@H]1CCCCN1S(=O)(=O)c1ccc(Cl)cc1. The largest absolute Gasteiger partial charge is 0.348 e. The van der Waals surface area contributed by atoms with E-state index in [4.69, 9.17) is 11.6 Å². The van der Waals surface area contributed by atoms with Crippen LogP contribution in [-0.2, 0) is 19.6 Å². The molecule has 0 aromatic heterocycles. The predicted molar refractivity (Wildman–Crippen MR) is 113 cm³/mol. The molecule has 1 fully saturated rings. The maximum atomic E-state index is 13.0. The summed E-state index contributed by atoms with van der Waals surface area (Å²) in [6.45, 7) is 5.23. The number of carbonyl (C=O) groups excluding carboxylic acids is 2. The van der Waals surface area contributed by atoms with Crippen molar-refractivity contribution < 1.29 is 18.0 Å². The molecule has 2 rings (SSSR count). The molecule has 0 aliphatic carbocycles. The maximum absolute atomic E-state index is 13.0. The lowest BCUT2D eigenvalue weighted by atomic mass is 10.0. The number of amides is 2. The Hall–Kier alpha value is -1.64. The van der Waals surface area contributed by atoms with E-state index >= 15 is 0 Å². The second kappa shape index (κ2) is 10.9. The van der Waals surface area contributed by atoms with Crippen molar-refractivity contribution in [1.29, 1.82) is 0 Å². The highest BCUT2D eigenvalue weighted by Crippen LogP contribution is 2.27. The molecule has 29 heavy (non-hydrogen) atoms. The third-order valence-corrected chi connectivity index (χ3v) is 7.19. The molecule has 1 aliphatic rings. The number of piperidine rings is 1. The number of carbonyl (C=O) groups is 2. The lowest BCUT2D eigenvalue weighted by Gasteiger charge is -2.34. The van der Waals surface area contributed by atoms with Crippen molar-refractivity contribution in [2.45, 2.75) is 56.9 Å². The minimum absolute atomic E-state index is 0.211. The topological polar surface area (TPSA) is 95.6 Å². The molecule has 0 unspecified atom stereocenters. The molecule has 1 saturated heterocycles. The van der Waals surface area contributed by atoms with Crippen LogP contribution < -0.4 is 10.6 Å². The molecule has 9 heteroatoms. The van der Waals surface area contributed by atoms with Gasteiger partial charge in [0.2, 0.25) is 10.0 Å². The van der Waals surface area contributed by atoms with E-state index in [0.717, 1.165) is 25.7 Å². The van der Waals surface area contributed by atoms with Crippen LogP contribution in [0.25, 0.3) is 0 Å². The Bertz CT molecular complexity index is 796. The molecule has 1 aromatic carbocycles. The maximum Gasteiger partial charge on any atom is 0.309 e. The van der Waals surface area contributed by atoms with Crippen LogP contribution in [0, 0.1) is 5.92 Å². The standard InChI is InChI=1S/C20H30ClN3O4S/c1-15(2)10-12-22-19(25)20(26)23-13-11-17-5-3-4-14-24(17)29(27,28)18-8-6-16(21)7-9-18/h6-9,15,17H,3-5,10-14H2,1-2H3,(H,22,25)(H,23,26)/t17-/m0/s1. The first-order valence-electron chi connectivity index (χ1n) is 10.0. The van der Waals surface area contributed by atoms with E-state index in [1.165, 1.54) is 16.4 Å². The summed E-state index contributed by atoms with van der Waals surface area (Å²) < 4.78 is 27.5. The number of nitrogens with one attached hydrogen (secondary N) is 2. The quantitative estimate of drug-likeness (QED) is 0.603. The molecule has 1 aliphatic heterocycles. The summed E-state index contributed by atoms with van der Waals surface area (Å²) in [7, 11) is -3.63. The number of nitrogens with zero attached hydrogens (tertiary/aromatic N) is 1. The molecule has 162 valence electrons. The lowest BCUT2D eigenvalue weighted by molar-refractivity contribution is -0.139. The zero-order chi connectivity index (χ0) is 21.4. The molecule has 2 amide bonds. The van der Waals surface area contributed by atoms with Gasteiger partial charge in [-0.25, -0.2) is 8.42 Å². The van der Waals surface area contributed by atoms with E-state index < -0.39 is 21.8 Å². The van der Waals surface area contributed by atoms with Crippen molar-refractivity contribution in [3.8, 4) is 0 Å². The first-order valence-corrected chi connectivity index (χ1v) is 11.9. The van der Waals surface area contributed by atoms with Gasteiger partial charge < -0.3 is 10.6 Å². The average molecular weight is 444 g/mol. The van der Waals surface area contributed by atoms with Crippen molar-refractivity contribution >= 4 is 33.4 Å². The van der Waals surface area contributed by atoms with Crippen LogP contribution in [0.4, 0.5) is 0 Å². The summed E-state index contributed by atoms with van der Waals surface area (Å²) in [5.41, 5.74) is 0. The van der Waals surface area contributed by atoms with Crippen LogP contribution >= 0.6 is 11.6 Å². The predicted octanol–water partition coefficient (Wildman–Crippen LogP) is 2.55. The van der Waals surface area contributed by atoms with Gasteiger partial charge in [0.05, 0.1) is 4.90 Å². The van der Waals surface area contributed by atoms with Gasteiger partial charge in [0.25, 0.3) is 0 Å². The fourth-order valence-corrected chi connectivity index (χ4v) is 5.16. The number of halogens is 1. The fourth-order valence-electron chi connectivity index (χ4n) is 3.31. The van der Waals surface area contributed by atoms with E-state index in [2.05, 4.69) is 10.6 Å². The molecule has 0 bridgehead atoms. The molecule has 2 N–H and O–H groups in total. The van der Waals surface area contributed by atoms with Gasteiger partial charge >= 0.3 is 11.8 Å². The van der Waals surface area contributed by atoms with Crippen LogP contribution in [0.1, 0.15) is 46.0 Å². The second-order valence-corrected chi connectivity index (χ2v) is 10.0. The smallest absolute Gasteiger partial charge is 0.309 e. The van der Waals surface area contributed by atoms with E-state index in [1.807, 2.05) is 13.8 Å². The summed E-state index contributed by atoms with van der Waals surface area (Å²) in [6.07, 6.45) is 3.72. The molecular formula is C20H30ClN3O4S. The first kappa shape index (κ1) is 23.6. The molecule has 0 radical (unpaired) electrons. The molecule has 1 heterocycles. The summed E-state index contributed by atoms with van der Waals surface area (Å²) in [6, 6.07) is 5.92. The van der Waals surface area contributed by atoms with Gasteiger partial charge in [-0.05, 0) is 55.9 Å². The summed E-state index contributed by atoms with van der Waals surface area (Å²) in [5, 5.41) is 5.67. The zero-order valence-corrected chi connectivity index (χ0v) is 18.6. The summed E-state index contributed by atoms with van der Waals surface area (Å²) >= 11 is 5.87. The highest BCUT2D eigenvalue weighted by molar-refractivity contribution is 7.89. The Balaban J connectivity index is 1.90. The van der Waals surface area contributed by atoms with E-state index in [0.29, 0.717) is 30.5 Å². The highest BCUT2D eigenvalue weighted by atomic mass is 35.5. The van der Waals surface area contributed by atoms with Gasteiger partial charge in [0, 0.05) is 30.7 Å². The van der Waals surface area contributed by atoms with Crippen molar-refractivity contribution in [2.24, 2.45) is 5.92 Å². The zero-order valence-electron chi connectivity index (χ0n) is 17.0. The Morgan fingerprint density at radius 2 is 1.72 bits per heavy atom. The first-order chi connectivity index (χ1) is 13.7. The minimum atomic E-state index is -3.63.